The molecule has 34 heavy (non-hydrogen) atoms. The fourth-order valence-corrected chi connectivity index (χ4v) is 4.41. The van der Waals surface area contributed by atoms with Crippen molar-refractivity contribution < 1.29 is 18.5 Å². The van der Waals surface area contributed by atoms with Crippen LogP contribution in [0.25, 0.3) is 0 Å². The lowest BCUT2D eigenvalue weighted by Crippen LogP contribution is -2.47. The summed E-state index contributed by atoms with van der Waals surface area (Å²) in [6.07, 6.45) is 1.17. The fraction of sp³-hybridized carbons (Fsp3) is 0.240. The summed E-state index contributed by atoms with van der Waals surface area (Å²) < 4.78 is 27.9. The highest BCUT2D eigenvalue weighted by Gasteiger charge is 2.31. The van der Waals surface area contributed by atoms with E-state index in [1.807, 2.05) is 0 Å². The minimum atomic E-state index is -0.614. The monoisotopic (exact) mass is 485 g/mol. The first-order valence-electron chi connectivity index (χ1n) is 10.8. The molecule has 3 aromatic carbocycles. The van der Waals surface area contributed by atoms with Crippen LogP contribution in [0.3, 0.4) is 0 Å². The Hall–Kier alpha value is -3.36. The lowest BCUT2D eigenvalue weighted by molar-refractivity contribution is -0.384. The van der Waals surface area contributed by atoms with E-state index in [4.69, 9.17) is 11.6 Å². The Morgan fingerprint density at radius 2 is 1.74 bits per heavy atom. The Kier molecular flexibility index (Phi) is 7.19. The molecule has 1 heterocycles. The summed E-state index contributed by atoms with van der Waals surface area (Å²) in [4.78, 5) is 27.7. The number of amides is 1. The average Bonchev–Trinajstić information content (AvgIpc) is 2.83. The Balaban J connectivity index is 1.53. The smallest absolute Gasteiger partial charge is 0.269 e. The second-order valence-corrected chi connectivity index (χ2v) is 8.58. The zero-order valence-electron chi connectivity index (χ0n) is 18.2. The molecule has 0 aromatic heterocycles. The second kappa shape index (κ2) is 10.3. The van der Waals surface area contributed by atoms with Crippen LogP contribution in [-0.2, 0) is 6.54 Å². The van der Waals surface area contributed by atoms with Gasteiger partial charge in [-0.25, -0.2) is 8.78 Å². The molecular formula is C25H22ClF2N3O3. The summed E-state index contributed by atoms with van der Waals surface area (Å²) in [5.41, 5.74) is 1.09. The molecule has 0 atom stereocenters. The van der Waals surface area contributed by atoms with E-state index in [1.165, 1.54) is 65.6 Å². The van der Waals surface area contributed by atoms with Gasteiger partial charge < -0.3 is 4.90 Å². The van der Waals surface area contributed by atoms with E-state index in [1.54, 1.807) is 6.07 Å². The van der Waals surface area contributed by atoms with Crippen LogP contribution in [0.2, 0.25) is 5.02 Å². The Morgan fingerprint density at radius 3 is 2.38 bits per heavy atom. The van der Waals surface area contributed by atoms with E-state index in [9.17, 15) is 23.7 Å². The summed E-state index contributed by atoms with van der Waals surface area (Å²) in [5.74, 6) is -1.52. The van der Waals surface area contributed by atoms with Gasteiger partial charge in [-0.2, -0.15) is 0 Å². The molecule has 0 saturated carbocycles. The first-order valence-corrected chi connectivity index (χ1v) is 11.2. The molecule has 4 rings (SSSR count). The first kappa shape index (κ1) is 23.8. The third-order valence-corrected chi connectivity index (χ3v) is 6.35. The van der Waals surface area contributed by atoms with E-state index >= 15 is 0 Å². The number of non-ortho nitro benzene ring substituents is 1. The number of rotatable bonds is 6. The molecule has 9 heteroatoms. The molecule has 1 aliphatic heterocycles. The van der Waals surface area contributed by atoms with Gasteiger partial charge in [0.05, 0.1) is 10.5 Å². The number of carbonyl (C=O) groups excluding carboxylic acids is 1. The maximum Gasteiger partial charge on any atom is 0.269 e. The third-order valence-electron chi connectivity index (χ3n) is 5.98. The van der Waals surface area contributed by atoms with Crippen LogP contribution in [-0.4, -0.2) is 34.9 Å². The normalized spacial score (nSPS) is 14.7. The Morgan fingerprint density at radius 1 is 1.06 bits per heavy atom. The number of benzene rings is 3. The first-order chi connectivity index (χ1) is 16.3. The van der Waals surface area contributed by atoms with Crippen molar-refractivity contribution in [3.63, 3.8) is 0 Å². The van der Waals surface area contributed by atoms with Crippen LogP contribution >= 0.6 is 11.6 Å². The van der Waals surface area contributed by atoms with Crippen LogP contribution in [0.1, 0.15) is 28.8 Å². The molecule has 0 radical (unpaired) electrons. The maximum atomic E-state index is 14.4. The number of nitrogens with zero attached hydrogens (tertiary/aromatic N) is 3. The van der Waals surface area contributed by atoms with Gasteiger partial charge in [0.15, 0.2) is 0 Å². The van der Waals surface area contributed by atoms with Crippen LogP contribution in [0.15, 0.2) is 66.7 Å². The lowest BCUT2D eigenvalue weighted by Gasteiger charge is -2.38. The SMILES string of the molecule is O=C(c1ccccc1F)N(c1ccc(F)cc1)C1CCN(Cc2cc([N+](=O)[O-])ccc2Cl)CC1. The molecule has 0 N–H and O–H groups in total. The van der Waals surface area contributed by atoms with E-state index < -0.39 is 22.5 Å². The molecular weight excluding hydrogens is 464 g/mol. The van der Waals surface area contributed by atoms with Crippen LogP contribution < -0.4 is 4.90 Å². The molecule has 1 aliphatic rings. The molecule has 1 amide bonds. The largest absolute Gasteiger partial charge is 0.305 e. The highest BCUT2D eigenvalue weighted by molar-refractivity contribution is 6.31. The minimum Gasteiger partial charge on any atom is -0.305 e. The number of nitro benzene ring substituents is 1. The average molecular weight is 486 g/mol. The predicted molar refractivity (Wildman–Crippen MR) is 126 cm³/mol. The van der Waals surface area contributed by atoms with Crippen molar-refractivity contribution in [2.24, 2.45) is 0 Å². The molecule has 176 valence electrons. The van der Waals surface area contributed by atoms with Crippen molar-refractivity contribution >= 4 is 28.9 Å². The maximum absolute atomic E-state index is 14.4. The quantitative estimate of drug-likeness (QED) is 0.325. The van der Waals surface area contributed by atoms with E-state index in [0.29, 0.717) is 48.7 Å². The number of hydrogen-bond donors (Lipinski definition) is 0. The highest BCUT2D eigenvalue weighted by atomic mass is 35.5. The lowest BCUT2D eigenvalue weighted by atomic mass is 10.00. The number of anilines is 1. The van der Waals surface area contributed by atoms with Crippen molar-refractivity contribution in [2.45, 2.75) is 25.4 Å². The van der Waals surface area contributed by atoms with E-state index in [-0.39, 0.29) is 17.3 Å². The van der Waals surface area contributed by atoms with Crippen LogP contribution in [0.4, 0.5) is 20.2 Å². The summed E-state index contributed by atoms with van der Waals surface area (Å²) in [6, 6.07) is 15.5. The summed E-state index contributed by atoms with van der Waals surface area (Å²) >= 11 is 6.25. The number of halogens is 3. The topological polar surface area (TPSA) is 66.7 Å². The van der Waals surface area contributed by atoms with Crippen LogP contribution in [0, 0.1) is 21.7 Å². The standard InChI is InChI=1S/C25H22ClF2N3O3/c26-23-10-9-21(31(33)34)15-17(23)16-29-13-11-20(12-14-29)30(19-7-5-18(27)6-8-19)25(32)22-3-1-2-4-24(22)28/h1-10,15,20H,11-14,16H2. The van der Waals surface area contributed by atoms with Crippen molar-refractivity contribution in [3.05, 3.63) is 105 Å². The second-order valence-electron chi connectivity index (χ2n) is 8.17. The predicted octanol–water partition coefficient (Wildman–Crippen LogP) is 5.84. The van der Waals surface area contributed by atoms with Crippen molar-refractivity contribution in [2.75, 3.05) is 18.0 Å². The van der Waals surface area contributed by atoms with Gasteiger partial charge in [-0.05, 0) is 60.9 Å². The molecule has 1 fully saturated rings. The Labute approximate surface area is 200 Å². The Bertz CT molecular complexity index is 1200. The summed E-state index contributed by atoms with van der Waals surface area (Å²) in [6.45, 7) is 1.64. The fourth-order valence-electron chi connectivity index (χ4n) is 4.23. The van der Waals surface area contributed by atoms with Crippen molar-refractivity contribution in [1.82, 2.24) is 4.90 Å². The van der Waals surface area contributed by atoms with Gasteiger partial charge in [0, 0.05) is 48.5 Å². The van der Waals surface area contributed by atoms with E-state index in [2.05, 4.69) is 4.90 Å². The third kappa shape index (κ3) is 5.24. The highest BCUT2D eigenvalue weighted by Crippen LogP contribution is 2.29. The van der Waals surface area contributed by atoms with Gasteiger partial charge in [0.2, 0.25) is 0 Å². The van der Waals surface area contributed by atoms with Gasteiger partial charge >= 0.3 is 0 Å². The van der Waals surface area contributed by atoms with Gasteiger partial charge in [0.25, 0.3) is 11.6 Å². The molecule has 0 bridgehead atoms. The van der Waals surface area contributed by atoms with Crippen LogP contribution in [0.5, 0.6) is 0 Å². The number of carbonyl (C=O) groups is 1. The number of likely N-dealkylation sites (tertiary alicyclic amines) is 1. The van der Waals surface area contributed by atoms with Crippen molar-refractivity contribution in [1.29, 1.82) is 0 Å². The number of hydrogen-bond acceptors (Lipinski definition) is 4. The van der Waals surface area contributed by atoms with E-state index in [0.717, 1.165) is 0 Å². The zero-order chi connectivity index (χ0) is 24.2. The number of piperidine rings is 1. The minimum absolute atomic E-state index is 0.0211. The van der Waals surface area contributed by atoms with Gasteiger partial charge in [-0.15, -0.1) is 0 Å². The molecule has 6 nitrogen and oxygen atoms in total. The molecule has 0 unspecified atom stereocenters. The molecule has 0 spiro atoms. The molecule has 3 aromatic rings. The molecule has 0 aliphatic carbocycles. The molecule has 1 saturated heterocycles. The van der Waals surface area contributed by atoms with Crippen molar-refractivity contribution in [3.8, 4) is 0 Å². The summed E-state index contributed by atoms with van der Waals surface area (Å²) in [5, 5.41) is 11.6. The van der Waals surface area contributed by atoms with Gasteiger partial charge in [0.1, 0.15) is 11.6 Å². The number of nitro groups is 1. The van der Waals surface area contributed by atoms with Gasteiger partial charge in [-0.3, -0.25) is 19.8 Å². The zero-order valence-corrected chi connectivity index (χ0v) is 18.9. The summed E-state index contributed by atoms with van der Waals surface area (Å²) in [7, 11) is 0. The van der Waals surface area contributed by atoms with Gasteiger partial charge in [-0.1, -0.05) is 23.7 Å².